The van der Waals surface area contributed by atoms with Crippen molar-refractivity contribution in [2.24, 2.45) is 5.92 Å². The van der Waals surface area contributed by atoms with Crippen molar-refractivity contribution in [3.8, 4) is 5.69 Å². The van der Waals surface area contributed by atoms with E-state index in [1.54, 1.807) is 4.68 Å². The van der Waals surface area contributed by atoms with Crippen LogP contribution < -0.4 is 5.32 Å². The van der Waals surface area contributed by atoms with Gasteiger partial charge in [-0.15, -0.1) is 0 Å². The molecular weight excluding hydrogens is 322 g/mol. The minimum atomic E-state index is -0.925. The fourth-order valence-corrected chi connectivity index (χ4v) is 4.29. The van der Waals surface area contributed by atoms with E-state index in [-0.39, 0.29) is 11.8 Å². The summed E-state index contributed by atoms with van der Waals surface area (Å²) in [6, 6.07) is 6.15. The number of hydrogen-bond acceptors (Lipinski definition) is 3. The average Bonchev–Trinajstić information content (AvgIpc) is 2.96. The molecule has 1 unspecified atom stereocenters. The Kier molecular flexibility index (Phi) is 4.58. The molecule has 2 heterocycles. The Labute approximate surface area is 144 Å². The molecule has 0 radical (unpaired) electrons. The van der Waals surface area contributed by atoms with Crippen molar-refractivity contribution in [2.75, 3.05) is 5.32 Å². The number of amides is 1. The van der Waals surface area contributed by atoms with Gasteiger partial charge in [-0.2, -0.15) is 5.10 Å². The molecule has 3 rings (SSSR count). The maximum absolute atomic E-state index is 12.3. The van der Waals surface area contributed by atoms with E-state index in [4.69, 9.17) is 0 Å². The van der Waals surface area contributed by atoms with Crippen LogP contribution in [-0.2, 0) is 27.1 Å². The summed E-state index contributed by atoms with van der Waals surface area (Å²) in [5.41, 5.74) is 4.96. The number of aromatic nitrogens is 2. The molecule has 1 N–H and O–H groups in total. The number of hydrogen-bond donors (Lipinski definition) is 1. The van der Waals surface area contributed by atoms with Gasteiger partial charge in [-0.3, -0.25) is 9.00 Å². The molecule has 1 atom stereocenters. The second-order valence-electron chi connectivity index (χ2n) is 6.85. The molecule has 1 aliphatic rings. The highest BCUT2D eigenvalue weighted by Gasteiger charge is 2.28. The molecule has 1 aromatic heterocycles. The molecule has 2 aromatic rings. The third-order valence-electron chi connectivity index (χ3n) is 4.10. The maximum atomic E-state index is 12.3. The Morgan fingerprint density at radius 1 is 1.33 bits per heavy atom. The number of fused-ring (bicyclic) bond motifs is 1. The first-order valence-corrected chi connectivity index (χ1v) is 9.67. The van der Waals surface area contributed by atoms with Gasteiger partial charge < -0.3 is 5.32 Å². The highest BCUT2D eigenvalue weighted by atomic mass is 32.2. The van der Waals surface area contributed by atoms with E-state index in [0.717, 1.165) is 22.5 Å². The Hall–Kier alpha value is -1.95. The van der Waals surface area contributed by atoms with E-state index in [2.05, 4.69) is 16.5 Å². The van der Waals surface area contributed by atoms with Crippen LogP contribution in [0, 0.1) is 19.8 Å². The maximum Gasteiger partial charge on any atom is 0.225 e. The Morgan fingerprint density at radius 2 is 2.08 bits per heavy atom. The van der Waals surface area contributed by atoms with Crippen LogP contribution in [0.5, 0.6) is 0 Å². The first kappa shape index (κ1) is 16.9. The fraction of sp³-hybridized carbons (Fsp3) is 0.444. The zero-order valence-corrected chi connectivity index (χ0v) is 15.4. The lowest BCUT2D eigenvalue weighted by Crippen LogP contribution is -2.18. The summed E-state index contributed by atoms with van der Waals surface area (Å²) in [6.07, 6.45) is 0.454. The topological polar surface area (TPSA) is 64.0 Å². The summed E-state index contributed by atoms with van der Waals surface area (Å²) < 4.78 is 13.7. The van der Waals surface area contributed by atoms with Crippen LogP contribution in [0.15, 0.2) is 18.2 Å². The fourth-order valence-electron chi connectivity index (χ4n) is 3.03. The van der Waals surface area contributed by atoms with Crippen LogP contribution in [-0.4, -0.2) is 19.9 Å². The van der Waals surface area contributed by atoms with E-state index in [1.807, 2.05) is 39.8 Å². The lowest BCUT2D eigenvalue weighted by molar-refractivity contribution is -0.116. The number of rotatable bonds is 4. The largest absolute Gasteiger partial charge is 0.310 e. The average molecular weight is 345 g/mol. The van der Waals surface area contributed by atoms with Gasteiger partial charge in [0.2, 0.25) is 5.91 Å². The summed E-state index contributed by atoms with van der Waals surface area (Å²) in [6.45, 7) is 8.11. The molecule has 24 heavy (non-hydrogen) atoms. The van der Waals surface area contributed by atoms with E-state index in [9.17, 15) is 9.00 Å². The highest BCUT2D eigenvalue weighted by Crippen LogP contribution is 2.32. The normalized spacial score (nSPS) is 16.5. The van der Waals surface area contributed by atoms with Gasteiger partial charge in [-0.05, 0) is 31.4 Å². The molecule has 6 heteroatoms. The second kappa shape index (κ2) is 6.51. The van der Waals surface area contributed by atoms with Crippen molar-refractivity contribution in [3.63, 3.8) is 0 Å². The van der Waals surface area contributed by atoms with Crippen LogP contribution in [0.2, 0.25) is 0 Å². The van der Waals surface area contributed by atoms with Crippen molar-refractivity contribution < 1.29 is 9.00 Å². The SMILES string of the molecule is Cc1ccc(-n2nc3c(c2NC(=O)CC(C)C)CS(=O)C3)c(C)c1. The van der Waals surface area contributed by atoms with Crippen molar-refractivity contribution in [3.05, 3.63) is 40.6 Å². The third kappa shape index (κ3) is 3.29. The molecule has 5 nitrogen and oxygen atoms in total. The van der Waals surface area contributed by atoms with Gasteiger partial charge in [0, 0.05) is 22.8 Å². The molecule has 1 amide bonds. The lowest BCUT2D eigenvalue weighted by atomic mass is 10.1. The number of carbonyl (C=O) groups is 1. The van der Waals surface area contributed by atoms with E-state index in [0.29, 0.717) is 23.7 Å². The molecule has 0 fully saturated rings. The summed E-state index contributed by atoms with van der Waals surface area (Å²) in [4.78, 5) is 12.3. The monoisotopic (exact) mass is 345 g/mol. The second-order valence-corrected chi connectivity index (χ2v) is 8.31. The Bertz CT molecular complexity index is 824. The standard InChI is InChI=1S/C18H23N3O2S/c1-11(2)7-17(22)19-18-14-9-24(23)10-15(14)20-21(18)16-6-5-12(3)8-13(16)4/h5-6,8,11H,7,9-10H2,1-4H3,(H,19,22). The summed E-state index contributed by atoms with van der Waals surface area (Å²) in [5, 5.41) is 7.65. The first-order chi connectivity index (χ1) is 11.3. The number of aryl methyl sites for hydroxylation is 2. The molecule has 1 aliphatic heterocycles. The molecular formula is C18H23N3O2S. The van der Waals surface area contributed by atoms with Gasteiger partial charge in [-0.25, -0.2) is 4.68 Å². The number of benzene rings is 1. The van der Waals surface area contributed by atoms with Gasteiger partial charge in [-0.1, -0.05) is 31.5 Å². The molecule has 0 bridgehead atoms. The smallest absolute Gasteiger partial charge is 0.225 e. The first-order valence-electron chi connectivity index (χ1n) is 8.18. The van der Waals surface area contributed by atoms with Gasteiger partial charge in [0.05, 0.1) is 22.9 Å². The zero-order chi connectivity index (χ0) is 17.4. The zero-order valence-electron chi connectivity index (χ0n) is 14.5. The van der Waals surface area contributed by atoms with Crippen LogP contribution in [0.3, 0.4) is 0 Å². The van der Waals surface area contributed by atoms with Crippen molar-refractivity contribution >= 4 is 22.5 Å². The van der Waals surface area contributed by atoms with Crippen molar-refractivity contribution in [1.29, 1.82) is 0 Å². The molecule has 0 spiro atoms. The van der Waals surface area contributed by atoms with Crippen molar-refractivity contribution in [2.45, 2.75) is 45.6 Å². The van der Waals surface area contributed by atoms with Gasteiger partial charge in [0.15, 0.2) is 0 Å². The molecule has 0 saturated heterocycles. The van der Waals surface area contributed by atoms with Crippen LogP contribution in [0.25, 0.3) is 5.69 Å². The number of nitrogens with zero attached hydrogens (tertiary/aromatic N) is 2. The van der Waals surface area contributed by atoms with Crippen molar-refractivity contribution in [1.82, 2.24) is 9.78 Å². The molecule has 128 valence electrons. The number of nitrogens with one attached hydrogen (secondary N) is 1. The Balaban J connectivity index is 2.05. The lowest BCUT2D eigenvalue weighted by Gasteiger charge is -2.14. The molecule has 0 aliphatic carbocycles. The molecule has 1 aromatic carbocycles. The minimum absolute atomic E-state index is 0.0311. The summed E-state index contributed by atoms with van der Waals surface area (Å²) in [7, 11) is -0.925. The molecule has 0 saturated carbocycles. The van der Waals surface area contributed by atoms with E-state index >= 15 is 0 Å². The third-order valence-corrected chi connectivity index (χ3v) is 5.31. The van der Waals surface area contributed by atoms with Crippen LogP contribution >= 0.6 is 0 Å². The predicted molar refractivity (Wildman–Crippen MR) is 96.7 cm³/mol. The summed E-state index contributed by atoms with van der Waals surface area (Å²) in [5.74, 6) is 1.84. The summed E-state index contributed by atoms with van der Waals surface area (Å²) >= 11 is 0. The minimum Gasteiger partial charge on any atom is -0.310 e. The van der Waals surface area contributed by atoms with Gasteiger partial charge in [0.25, 0.3) is 0 Å². The van der Waals surface area contributed by atoms with E-state index < -0.39 is 10.8 Å². The van der Waals surface area contributed by atoms with Crippen LogP contribution in [0.1, 0.15) is 42.7 Å². The number of carbonyl (C=O) groups excluding carboxylic acids is 1. The highest BCUT2D eigenvalue weighted by molar-refractivity contribution is 7.83. The van der Waals surface area contributed by atoms with Gasteiger partial charge >= 0.3 is 0 Å². The number of anilines is 1. The van der Waals surface area contributed by atoms with Crippen LogP contribution in [0.4, 0.5) is 5.82 Å². The predicted octanol–water partition coefficient (Wildman–Crippen LogP) is 3.24. The Morgan fingerprint density at radius 3 is 2.75 bits per heavy atom. The van der Waals surface area contributed by atoms with E-state index in [1.165, 1.54) is 5.56 Å². The van der Waals surface area contributed by atoms with Gasteiger partial charge in [0.1, 0.15) is 5.82 Å². The quantitative estimate of drug-likeness (QED) is 0.925.